The highest BCUT2D eigenvalue weighted by Crippen LogP contribution is 2.35. The topological polar surface area (TPSA) is 130 Å². The molecule has 0 bridgehead atoms. The molecule has 5 amide bonds. The Kier molecular flexibility index (Phi) is 11.5. The minimum absolute atomic E-state index is 0.000527. The first-order valence-corrected chi connectivity index (χ1v) is 20.9. The third-order valence-electron chi connectivity index (χ3n) is 13.0. The summed E-state index contributed by atoms with van der Waals surface area (Å²) < 4.78 is 21.0. The molecule has 5 aliphatic rings. The zero-order valence-electron chi connectivity index (χ0n) is 34.4. The lowest BCUT2D eigenvalue weighted by Gasteiger charge is -2.45. The van der Waals surface area contributed by atoms with Gasteiger partial charge < -0.3 is 24.3 Å². The lowest BCUT2D eigenvalue weighted by atomic mass is 9.95. The fourth-order valence-corrected chi connectivity index (χ4v) is 9.50. The molecule has 5 heterocycles. The quantitative estimate of drug-likeness (QED) is 0.244. The first-order chi connectivity index (χ1) is 28.9. The van der Waals surface area contributed by atoms with Gasteiger partial charge in [-0.1, -0.05) is 12.1 Å². The van der Waals surface area contributed by atoms with Crippen molar-refractivity contribution < 1.29 is 33.1 Å². The number of nitrogens with one attached hydrogen (secondary N) is 1. The molecular formula is C45H51FN8O6. The third-order valence-corrected chi connectivity index (χ3v) is 13.0. The average molecular weight is 819 g/mol. The summed E-state index contributed by atoms with van der Waals surface area (Å²) >= 11 is 0. The molecular weight excluding hydrogens is 768 g/mol. The number of amides is 5. The molecule has 0 aromatic heterocycles. The number of carbonyl (C=O) groups is 5. The second-order valence-corrected chi connectivity index (χ2v) is 16.7. The molecule has 0 radical (unpaired) electrons. The van der Waals surface area contributed by atoms with Gasteiger partial charge >= 0.3 is 0 Å². The van der Waals surface area contributed by atoms with Crippen molar-refractivity contribution >= 4 is 52.3 Å². The second kappa shape index (κ2) is 16.9. The fourth-order valence-electron chi connectivity index (χ4n) is 9.50. The summed E-state index contributed by atoms with van der Waals surface area (Å²) in [5, 5.41) is 2.24. The van der Waals surface area contributed by atoms with Crippen LogP contribution in [0, 0.1) is 18.3 Å². The van der Waals surface area contributed by atoms with E-state index in [1.807, 2.05) is 36.1 Å². The van der Waals surface area contributed by atoms with Crippen LogP contribution in [0.2, 0.25) is 0 Å². The standard InChI is InChI=1S/C45H51FN8O6/c1-28-26-53(29(2)25-52(28)34-8-10-38(47-3)40(24-34)60-4)42(56)21-31-5-6-33(23-37(31)46)50-15-13-30(14-16-50)27-49-17-19-51(20-18-49)32-7-9-35-36(22-32)45(59)54(44(35)58)39-11-12-41(55)48-43(39)57/h5-10,22-24,28-30,39H,11-21,25-27H2,1-2,4H3,(H,48,55,57)/t28-,29+,39?/m0/s1. The van der Waals surface area contributed by atoms with Gasteiger partial charge in [-0.15, -0.1) is 0 Å². The highest BCUT2D eigenvalue weighted by Gasteiger charge is 2.45. The monoisotopic (exact) mass is 818 g/mol. The van der Waals surface area contributed by atoms with Gasteiger partial charge in [0, 0.05) is 94.5 Å². The number of hydrogen-bond acceptors (Lipinski definition) is 10. The smallest absolute Gasteiger partial charge is 0.262 e. The number of halogens is 1. The molecule has 0 spiro atoms. The summed E-state index contributed by atoms with van der Waals surface area (Å²) in [4.78, 5) is 79.6. The van der Waals surface area contributed by atoms with Crippen molar-refractivity contribution in [3.05, 3.63) is 88.5 Å². The van der Waals surface area contributed by atoms with Crippen molar-refractivity contribution in [2.45, 2.75) is 64.1 Å². The van der Waals surface area contributed by atoms with E-state index in [-0.39, 0.29) is 48.6 Å². The predicted octanol–water partition coefficient (Wildman–Crippen LogP) is 4.49. The van der Waals surface area contributed by atoms with Crippen LogP contribution in [0.3, 0.4) is 0 Å². The van der Waals surface area contributed by atoms with E-state index >= 15 is 4.39 Å². The van der Waals surface area contributed by atoms with Gasteiger partial charge in [0.1, 0.15) is 17.6 Å². The first-order valence-electron chi connectivity index (χ1n) is 20.9. The lowest BCUT2D eigenvalue weighted by Crippen LogP contribution is -2.58. The Balaban J connectivity index is 0.792. The van der Waals surface area contributed by atoms with Gasteiger partial charge in [-0.25, -0.2) is 9.24 Å². The highest BCUT2D eigenvalue weighted by atomic mass is 19.1. The first kappa shape index (κ1) is 40.8. The van der Waals surface area contributed by atoms with Crippen LogP contribution >= 0.6 is 0 Å². The van der Waals surface area contributed by atoms with Crippen molar-refractivity contribution in [3.8, 4) is 5.75 Å². The summed E-state index contributed by atoms with van der Waals surface area (Å²) in [5.74, 6) is -1.44. The zero-order valence-corrected chi connectivity index (χ0v) is 34.4. The van der Waals surface area contributed by atoms with Gasteiger partial charge in [0.05, 0.1) is 31.2 Å². The number of piperidine rings is 2. The lowest BCUT2D eigenvalue weighted by molar-refractivity contribution is -0.136. The number of ether oxygens (including phenoxy) is 1. The molecule has 4 fully saturated rings. The summed E-state index contributed by atoms with van der Waals surface area (Å²) in [6.07, 6.45) is 2.19. The van der Waals surface area contributed by atoms with Crippen LogP contribution in [0.1, 0.15) is 65.8 Å². The van der Waals surface area contributed by atoms with Gasteiger partial charge in [-0.05, 0) is 87.1 Å². The molecule has 0 aliphatic carbocycles. The minimum Gasteiger partial charge on any atom is -0.508 e. The van der Waals surface area contributed by atoms with Crippen LogP contribution in [0.5, 0.6) is 5.75 Å². The van der Waals surface area contributed by atoms with E-state index in [0.717, 1.165) is 80.6 Å². The van der Waals surface area contributed by atoms with Crippen LogP contribution < -0.4 is 24.8 Å². The zero-order chi connectivity index (χ0) is 42.2. The number of fused-ring (bicyclic) bond motifs is 1. The summed E-state index contributed by atoms with van der Waals surface area (Å²) in [7, 11) is 1.55. The van der Waals surface area contributed by atoms with E-state index in [0.29, 0.717) is 41.6 Å². The second-order valence-electron chi connectivity index (χ2n) is 16.7. The van der Waals surface area contributed by atoms with Crippen LogP contribution in [0.4, 0.5) is 27.1 Å². The van der Waals surface area contributed by atoms with Crippen molar-refractivity contribution in [3.63, 3.8) is 0 Å². The van der Waals surface area contributed by atoms with Crippen molar-refractivity contribution in [2.24, 2.45) is 5.92 Å². The molecule has 314 valence electrons. The molecule has 14 nitrogen and oxygen atoms in total. The van der Waals surface area contributed by atoms with Crippen LogP contribution in [-0.4, -0.2) is 128 Å². The molecule has 8 rings (SSSR count). The number of benzene rings is 3. The molecule has 3 atom stereocenters. The number of methoxy groups -OCH3 is 1. The molecule has 4 saturated heterocycles. The number of imide groups is 2. The largest absolute Gasteiger partial charge is 0.508 e. The Bertz CT molecular complexity index is 2250. The van der Waals surface area contributed by atoms with Crippen molar-refractivity contribution in [1.82, 2.24) is 20.0 Å². The van der Waals surface area contributed by atoms with Gasteiger partial charge in [-0.3, -0.25) is 39.1 Å². The van der Waals surface area contributed by atoms with Crippen LogP contribution in [-0.2, 0) is 20.8 Å². The Morgan fingerprint density at radius 1 is 0.817 bits per heavy atom. The maximum Gasteiger partial charge on any atom is 0.262 e. The van der Waals surface area contributed by atoms with Gasteiger partial charge in [0.2, 0.25) is 23.4 Å². The summed E-state index contributed by atoms with van der Waals surface area (Å²) in [5.41, 5.74) is 4.06. The predicted molar refractivity (Wildman–Crippen MR) is 224 cm³/mol. The average Bonchev–Trinajstić information content (AvgIpc) is 3.50. The van der Waals surface area contributed by atoms with E-state index in [1.54, 1.807) is 37.4 Å². The Hall–Kier alpha value is -6.01. The number of carbonyl (C=O) groups excluding carboxylic acids is 5. The maximum absolute atomic E-state index is 15.6. The van der Waals surface area contributed by atoms with Crippen LogP contribution in [0.15, 0.2) is 54.6 Å². The number of anilines is 3. The Morgan fingerprint density at radius 2 is 1.50 bits per heavy atom. The number of rotatable bonds is 9. The number of nitrogens with zero attached hydrogens (tertiary/aromatic N) is 7. The summed E-state index contributed by atoms with van der Waals surface area (Å²) in [6, 6.07) is 15.0. The van der Waals surface area contributed by atoms with Crippen LogP contribution in [0.25, 0.3) is 4.85 Å². The molecule has 0 saturated carbocycles. The third kappa shape index (κ3) is 8.00. The Morgan fingerprint density at radius 3 is 2.20 bits per heavy atom. The van der Waals surface area contributed by atoms with E-state index in [4.69, 9.17) is 11.3 Å². The van der Waals surface area contributed by atoms with Crippen molar-refractivity contribution in [1.29, 1.82) is 0 Å². The molecule has 3 aromatic rings. The van der Waals surface area contributed by atoms with E-state index < -0.39 is 29.7 Å². The fraction of sp³-hybridized carbons (Fsp3) is 0.467. The van der Waals surface area contributed by atoms with Crippen molar-refractivity contribution in [2.75, 3.05) is 80.7 Å². The molecule has 1 unspecified atom stereocenters. The van der Waals surface area contributed by atoms with E-state index in [2.05, 4.69) is 36.7 Å². The van der Waals surface area contributed by atoms with Gasteiger partial charge in [0.25, 0.3) is 11.8 Å². The molecule has 60 heavy (non-hydrogen) atoms. The van der Waals surface area contributed by atoms with E-state index in [9.17, 15) is 24.0 Å². The number of piperazine rings is 2. The molecule has 15 heteroatoms. The highest BCUT2D eigenvalue weighted by molar-refractivity contribution is 6.23. The Labute approximate surface area is 349 Å². The molecule has 1 N–H and O–H groups in total. The summed E-state index contributed by atoms with van der Waals surface area (Å²) in [6.45, 7) is 18.5. The SMILES string of the molecule is [C-]#[N+]c1ccc(N2C[C@@H](C)N(C(=O)Cc3ccc(N4CCC(CN5CCN(c6ccc7c(c6)C(=O)N(C6CCC(=O)NC6=O)C7=O)CC5)CC4)cc3F)C[C@@H]2C)cc1OC. The normalized spacial score (nSPS) is 22.9. The van der Waals surface area contributed by atoms with E-state index in [1.165, 1.54) is 0 Å². The maximum atomic E-state index is 15.6. The molecule has 5 aliphatic heterocycles. The number of hydrogen-bond donors (Lipinski definition) is 1. The molecule has 3 aromatic carbocycles. The van der Waals surface area contributed by atoms with Gasteiger partial charge in [-0.2, -0.15) is 0 Å². The van der Waals surface area contributed by atoms with Gasteiger partial charge in [0.15, 0.2) is 0 Å². The minimum atomic E-state index is -0.986.